The first-order chi connectivity index (χ1) is 16.1. The third kappa shape index (κ3) is 4.41. The van der Waals surface area contributed by atoms with E-state index in [2.05, 4.69) is 20.0 Å². The van der Waals surface area contributed by atoms with Gasteiger partial charge in [-0.25, -0.2) is 4.39 Å². The molecule has 4 aliphatic carbocycles. The van der Waals surface area contributed by atoms with Gasteiger partial charge in [0, 0.05) is 25.2 Å². The van der Waals surface area contributed by atoms with Crippen molar-refractivity contribution in [2.45, 2.75) is 67.8 Å². The first-order valence-electron chi connectivity index (χ1n) is 12.3. The van der Waals surface area contributed by atoms with Crippen LogP contribution in [0, 0.1) is 23.6 Å². The number of hydrogen-bond donors (Lipinski definition) is 0. The van der Waals surface area contributed by atoms with E-state index in [1.165, 1.54) is 56.0 Å². The van der Waals surface area contributed by atoms with Crippen LogP contribution in [0.25, 0.3) is 0 Å². The van der Waals surface area contributed by atoms with E-state index in [1.54, 1.807) is 11.3 Å². The van der Waals surface area contributed by atoms with E-state index in [0.717, 1.165) is 65.1 Å². The Morgan fingerprint density at radius 2 is 1.70 bits per heavy atom. The number of anilines is 1. The normalized spacial score (nSPS) is 30.2. The number of benzene rings is 1. The molecule has 0 unspecified atom stereocenters. The number of carbonyl (C=O) groups is 1. The molecule has 5 nitrogen and oxygen atoms in total. The molecule has 4 bridgehead atoms. The van der Waals surface area contributed by atoms with Gasteiger partial charge in [0.15, 0.2) is 4.34 Å². The average Bonchev–Trinajstić information content (AvgIpc) is 3.48. The number of hydrogen-bond acceptors (Lipinski definition) is 6. The van der Waals surface area contributed by atoms with Crippen LogP contribution in [-0.2, 0) is 11.3 Å². The molecule has 0 radical (unpaired) electrons. The molecule has 0 atom stereocenters. The lowest BCUT2D eigenvalue weighted by Gasteiger charge is -2.60. The van der Waals surface area contributed by atoms with Crippen LogP contribution in [0.15, 0.2) is 28.6 Å². The Hall–Kier alpha value is -1.67. The van der Waals surface area contributed by atoms with Crippen molar-refractivity contribution in [3.05, 3.63) is 35.6 Å². The van der Waals surface area contributed by atoms with Gasteiger partial charge in [0.1, 0.15) is 5.82 Å². The highest BCUT2D eigenvalue weighted by atomic mass is 32.2. The van der Waals surface area contributed by atoms with Gasteiger partial charge < -0.3 is 9.80 Å². The number of aromatic nitrogens is 2. The van der Waals surface area contributed by atoms with Gasteiger partial charge in [-0.1, -0.05) is 35.2 Å². The summed E-state index contributed by atoms with van der Waals surface area (Å²) in [5.74, 6) is 2.63. The number of thioether (sulfide) groups is 1. The Morgan fingerprint density at radius 3 is 2.33 bits per heavy atom. The highest BCUT2D eigenvalue weighted by Crippen LogP contribution is 2.58. The molecule has 7 rings (SSSR count). The monoisotopic (exact) mass is 486 g/mol. The molecule has 1 amide bonds. The number of amides is 1. The fraction of sp³-hybridized carbons (Fsp3) is 0.640. The van der Waals surface area contributed by atoms with E-state index in [1.807, 2.05) is 12.1 Å². The van der Waals surface area contributed by atoms with E-state index in [9.17, 15) is 9.18 Å². The van der Waals surface area contributed by atoms with Crippen LogP contribution < -0.4 is 4.90 Å². The van der Waals surface area contributed by atoms with Crippen LogP contribution in [0.4, 0.5) is 9.52 Å². The molecular formula is C25H31FN4OS2. The lowest BCUT2D eigenvalue weighted by Crippen LogP contribution is -2.61. The smallest absolute Gasteiger partial charge is 0.233 e. The van der Waals surface area contributed by atoms with Crippen LogP contribution >= 0.6 is 23.1 Å². The van der Waals surface area contributed by atoms with Crippen LogP contribution in [0.1, 0.15) is 56.9 Å². The molecule has 33 heavy (non-hydrogen) atoms. The second-order valence-corrected chi connectivity index (χ2v) is 12.8. The molecule has 2 heterocycles. The van der Waals surface area contributed by atoms with Gasteiger partial charge in [-0.15, -0.1) is 10.2 Å². The fourth-order valence-corrected chi connectivity index (χ4v) is 8.96. The van der Waals surface area contributed by atoms with Gasteiger partial charge >= 0.3 is 0 Å². The molecule has 1 saturated heterocycles. The fourth-order valence-electron chi connectivity index (χ4n) is 7.19. The second-order valence-electron chi connectivity index (χ2n) is 10.6. The van der Waals surface area contributed by atoms with Gasteiger partial charge in [0.05, 0.1) is 5.75 Å². The minimum Gasteiger partial charge on any atom is -0.347 e. The second kappa shape index (κ2) is 8.84. The number of rotatable bonds is 7. The molecule has 5 fully saturated rings. The summed E-state index contributed by atoms with van der Waals surface area (Å²) in [6.45, 7) is 2.67. The van der Waals surface area contributed by atoms with Crippen molar-refractivity contribution < 1.29 is 9.18 Å². The topological polar surface area (TPSA) is 49.3 Å². The highest BCUT2D eigenvalue weighted by Gasteiger charge is 2.54. The van der Waals surface area contributed by atoms with Gasteiger partial charge in [-0.2, -0.15) is 0 Å². The van der Waals surface area contributed by atoms with Crippen LogP contribution in [0.5, 0.6) is 0 Å². The first-order valence-corrected chi connectivity index (χ1v) is 14.1. The molecule has 1 aliphatic heterocycles. The standard InChI is InChI=1S/C25H31FN4OS2/c26-21-5-3-17(4-6-21)15-30(25-12-18-9-19(13-25)11-20(10-18)14-25)22(31)16-32-24-28-27-23(33-24)29-7-1-2-8-29/h3-6,18-20H,1-2,7-16H2. The Balaban J connectivity index is 1.20. The van der Waals surface area contributed by atoms with Crippen molar-refractivity contribution in [2.24, 2.45) is 17.8 Å². The van der Waals surface area contributed by atoms with E-state index >= 15 is 0 Å². The maximum atomic E-state index is 13.7. The van der Waals surface area contributed by atoms with E-state index in [-0.39, 0.29) is 17.3 Å². The zero-order valence-electron chi connectivity index (χ0n) is 18.9. The van der Waals surface area contributed by atoms with Crippen molar-refractivity contribution in [3.8, 4) is 0 Å². The summed E-state index contributed by atoms with van der Waals surface area (Å²) >= 11 is 3.12. The molecule has 176 valence electrons. The molecule has 1 aromatic carbocycles. The summed E-state index contributed by atoms with van der Waals surface area (Å²) < 4.78 is 14.4. The van der Waals surface area contributed by atoms with E-state index in [0.29, 0.717) is 12.3 Å². The lowest BCUT2D eigenvalue weighted by molar-refractivity contribution is -0.149. The van der Waals surface area contributed by atoms with Crippen molar-refractivity contribution in [1.82, 2.24) is 15.1 Å². The molecule has 8 heteroatoms. The predicted octanol–water partition coefficient (Wildman–Crippen LogP) is 5.37. The Bertz CT molecular complexity index is 969. The average molecular weight is 487 g/mol. The zero-order chi connectivity index (χ0) is 22.4. The van der Waals surface area contributed by atoms with Gasteiger partial charge in [0.25, 0.3) is 0 Å². The van der Waals surface area contributed by atoms with E-state index in [4.69, 9.17) is 0 Å². The van der Waals surface area contributed by atoms with Crippen LogP contribution in [0.3, 0.4) is 0 Å². The maximum Gasteiger partial charge on any atom is 0.233 e. The van der Waals surface area contributed by atoms with Gasteiger partial charge in [0.2, 0.25) is 11.0 Å². The minimum absolute atomic E-state index is 0.0252. The summed E-state index contributed by atoms with van der Waals surface area (Å²) in [6, 6.07) is 6.67. The molecule has 5 aliphatic rings. The molecular weight excluding hydrogens is 455 g/mol. The Kier molecular flexibility index (Phi) is 5.85. The number of carbonyl (C=O) groups excluding carboxylic acids is 1. The van der Waals surface area contributed by atoms with Crippen molar-refractivity contribution in [1.29, 1.82) is 0 Å². The van der Waals surface area contributed by atoms with Crippen molar-refractivity contribution in [3.63, 3.8) is 0 Å². The summed E-state index contributed by atoms with van der Waals surface area (Å²) in [7, 11) is 0. The van der Waals surface area contributed by atoms with Crippen molar-refractivity contribution in [2.75, 3.05) is 23.7 Å². The quantitative estimate of drug-likeness (QED) is 0.493. The Labute approximate surface area is 203 Å². The highest BCUT2D eigenvalue weighted by molar-refractivity contribution is 8.01. The maximum absolute atomic E-state index is 13.7. The summed E-state index contributed by atoms with van der Waals surface area (Å²) in [6.07, 6.45) is 9.86. The number of nitrogens with zero attached hydrogens (tertiary/aromatic N) is 4. The summed E-state index contributed by atoms with van der Waals surface area (Å²) in [5.41, 5.74) is 0.987. The largest absolute Gasteiger partial charge is 0.347 e. The molecule has 0 spiro atoms. The third-order valence-corrected chi connectivity index (χ3v) is 10.3. The van der Waals surface area contributed by atoms with E-state index < -0.39 is 0 Å². The summed E-state index contributed by atoms with van der Waals surface area (Å²) in [5, 5.41) is 9.70. The molecule has 0 N–H and O–H groups in total. The van der Waals surface area contributed by atoms with Gasteiger partial charge in [-0.05, 0) is 86.8 Å². The number of halogens is 1. The first kappa shape index (κ1) is 21.8. The third-order valence-electron chi connectivity index (χ3n) is 8.22. The molecule has 2 aromatic rings. The Morgan fingerprint density at radius 1 is 1.06 bits per heavy atom. The van der Waals surface area contributed by atoms with Crippen molar-refractivity contribution >= 4 is 34.1 Å². The minimum atomic E-state index is -0.230. The van der Waals surface area contributed by atoms with Gasteiger partial charge in [-0.3, -0.25) is 4.79 Å². The molecule has 1 aromatic heterocycles. The lowest BCUT2D eigenvalue weighted by atomic mass is 9.52. The summed E-state index contributed by atoms with van der Waals surface area (Å²) in [4.78, 5) is 18.2. The molecule has 4 saturated carbocycles. The zero-order valence-corrected chi connectivity index (χ0v) is 20.6. The van der Waals surface area contributed by atoms with Crippen LogP contribution in [0.2, 0.25) is 0 Å². The SMILES string of the molecule is O=C(CSc1nnc(N2CCCC2)s1)N(Cc1ccc(F)cc1)C12CC3CC(CC(C3)C1)C2. The van der Waals surface area contributed by atoms with Crippen LogP contribution in [-0.4, -0.2) is 45.4 Å². The predicted molar refractivity (Wildman–Crippen MR) is 130 cm³/mol.